The summed E-state index contributed by atoms with van der Waals surface area (Å²) in [6.07, 6.45) is -1.39. The minimum Gasteiger partial charge on any atom is -0.493 e. The first kappa shape index (κ1) is 38.9. The number of carbonyl (C=O) groups excluding carboxylic acids is 2. The van der Waals surface area contributed by atoms with Crippen LogP contribution in [0.5, 0.6) is 11.5 Å². The highest BCUT2D eigenvalue weighted by atomic mass is 19.4. The first-order chi connectivity index (χ1) is 26.5. The van der Waals surface area contributed by atoms with E-state index in [0.717, 1.165) is 67.0 Å². The summed E-state index contributed by atoms with van der Waals surface area (Å²) in [4.78, 5) is 30.7. The van der Waals surface area contributed by atoms with Gasteiger partial charge in [0.25, 0.3) is 5.91 Å². The highest BCUT2D eigenvalue weighted by Crippen LogP contribution is 2.40. The van der Waals surface area contributed by atoms with E-state index < -0.39 is 23.8 Å². The van der Waals surface area contributed by atoms with Gasteiger partial charge in [0, 0.05) is 19.4 Å². The second-order valence-electron chi connectivity index (χ2n) is 14.1. The number of halogens is 3. The van der Waals surface area contributed by atoms with Crippen LogP contribution >= 0.6 is 0 Å². The second kappa shape index (κ2) is 17.6. The lowest BCUT2D eigenvalue weighted by molar-refractivity contribution is -0.910. The molecule has 0 spiro atoms. The molecule has 2 aliphatic heterocycles. The fraction of sp³-hybridized carbons (Fsp3) is 0.326. The molecule has 3 amide bonds. The molecular weight excluding hydrogens is 707 g/mol. The molecule has 0 saturated carbocycles. The summed E-state index contributed by atoms with van der Waals surface area (Å²) in [5, 5.41) is 12.2. The number of para-hydroxylation sites is 2. The normalized spacial score (nSPS) is 15.8. The number of nitrogens with one attached hydrogen (secondary N) is 1. The largest absolute Gasteiger partial charge is 0.493 e. The van der Waals surface area contributed by atoms with Crippen LogP contribution in [-0.2, 0) is 11.0 Å². The van der Waals surface area contributed by atoms with Gasteiger partial charge in [-0.25, -0.2) is 4.79 Å². The minimum absolute atomic E-state index is 0.0216. The van der Waals surface area contributed by atoms with Gasteiger partial charge in [0.05, 0.1) is 86.6 Å². The van der Waals surface area contributed by atoms with Crippen molar-refractivity contribution in [2.75, 3.05) is 57.9 Å². The third kappa shape index (κ3) is 9.85. The molecule has 55 heavy (non-hydrogen) atoms. The number of benzene rings is 4. The molecule has 2 heterocycles. The maximum Gasteiger partial charge on any atom is 0.416 e. The molecule has 6 rings (SSSR count). The summed E-state index contributed by atoms with van der Waals surface area (Å²) in [6.45, 7) is 4.30. The molecule has 0 aromatic heterocycles. The molecule has 9 nitrogen and oxygen atoms in total. The molecule has 1 atom stereocenters. The van der Waals surface area contributed by atoms with Gasteiger partial charge in [-0.2, -0.15) is 18.4 Å². The molecule has 4 aromatic carbocycles. The summed E-state index contributed by atoms with van der Waals surface area (Å²) in [5.74, 6) is 1.39. The van der Waals surface area contributed by atoms with E-state index in [4.69, 9.17) is 9.47 Å². The Hall–Kier alpha value is -5.80. The Balaban J connectivity index is 1.13. The molecule has 0 bridgehead atoms. The zero-order valence-electron chi connectivity index (χ0n) is 30.8. The van der Waals surface area contributed by atoms with Crippen molar-refractivity contribution in [1.82, 2.24) is 10.2 Å². The number of nitrogens with zero attached hydrogens (tertiary/aromatic N) is 4. The van der Waals surface area contributed by atoms with Crippen molar-refractivity contribution in [2.24, 2.45) is 0 Å². The van der Waals surface area contributed by atoms with Crippen molar-refractivity contribution in [2.45, 2.75) is 37.9 Å². The Labute approximate surface area is 319 Å². The van der Waals surface area contributed by atoms with Crippen molar-refractivity contribution in [3.63, 3.8) is 0 Å². The number of carbonyl (C=O) groups is 2. The van der Waals surface area contributed by atoms with E-state index >= 15 is 0 Å². The van der Waals surface area contributed by atoms with Gasteiger partial charge in [-0.1, -0.05) is 54.6 Å². The average Bonchev–Trinajstić information content (AvgIpc) is 3.52. The predicted octanol–water partition coefficient (Wildman–Crippen LogP) is 8.11. The van der Waals surface area contributed by atoms with Crippen LogP contribution in [0.1, 0.15) is 48.4 Å². The van der Waals surface area contributed by atoms with Crippen LogP contribution in [0.25, 0.3) is 0 Å². The van der Waals surface area contributed by atoms with Crippen LogP contribution in [0, 0.1) is 11.3 Å². The Kier molecular flexibility index (Phi) is 12.4. The van der Waals surface area contributed by atoms with Crippen LogP contribution in [0.3, 0.4) is 0 Å². The fourth-order valence-corrected chi connectivity index (χ4v) is 7.21. The van der Waals surface area contributed by atoms with Crippen molar-refractivity contribution in [1.29, 1.82) is 5.26 Å². The highest BCUT2D eigenvalue weighted by Gasteiger charge is 2.45. The zero-order valence-corrected chi connectivity index (χ0v) is 30.8. The van der Waals surface area contributed by atoms with Crippen molar-refractivity contribution < 1.29 is 36.7 Å². The SMILES string of the molecule is C[N+](CCCCN1CC2=C(C1=O)[C@@H](c1ccc(C#N)cc1)NC(=O)N2c1cccc(C(F)(F)F)c1)(CCCOc1ccccc1)CCCOc1ccccc1. The molecule has 0 aliphatic carbocycles. The third-order valence-corrected chi connectivity index (χ3v) is 10.1. The van der Waals surface area contributed by atoms with Crippen LogP contribution in [0.4, 0.5) is 23.7 Å². The topological polar surface area (TPSA) is 94.9 Å². The number of amides is 3. The fourth-order valence-electron chi connectivity index (χ4n) is 7.21. The first-order valence-corrected chi connectivity index (χ1v) is 18.5. The standard InChI is InChI=1S/C43H44F3N5O4/c1-51(25-11-27-54-36-15-4-2-5-16-36,26-12-28-55-37-17-6-3-7-18-37)24-9-8-23-49-31-38-39(41(49)52)40(33-21-19-32(30-47)20-22-33)48-42(53)50(38)35-14-10-13-34(29-35)43(44,45)46/h2-7,10,13-22,29,40H,8-9,11-12,23-28,31H2,1H3/p+1/t40-/m1/s1. The zero-order chi connectivity index (χ0) is 38.8. The summed E-state index contributed by atoms with van der Waals surface area (Å²) in [7, 11) is 2.23. The lowest BCUT2D eigenvalue weighted by atomic mass is 9.94. The molecule has 12 heteroatoms. The number of anilines is 1. The van der Waals surface area contributed by atoms with Crippen LogP contribution < -0.4 is 19.7 Å². The van der Waals surface area contributed by atoms with Gasteiger partial charge in [-0.05, 0) is 73.0 Å². The van der Waals surface area contributed by atoms with Crippen molar-refractivity contribution in [3.05, 3.63) is 137 Å². The maximum atomic E-state index is 14.2. The van der Waals surface area contributed by atoms with E-state index in [1.54, 1.807) is 29.2 Å². The maximum absolute atomic E-state index is 14.2. The molecular formula is C43H45F3N5O4+. The third-order valence-electron chi connectivity index (χ3n) is 10.1. The van der Waals surface area contributed by atoms with E-state index in [1.807, 2.05) is 60.7 Å². The Morgan fingerprint density at radius 1 is 0.800 bits per heavy atom. The molecule has 0 saturated heterocycles. The number of rotatable bonds is 17. The van der Waals surface area contributed by atoms with Crippen LogP contribution in [0.2, 0.25) is 0 Å². The van der Waals surface area contributed by atoms with Crippen LogP contribution in [-0.4, -0.2) is 74.3 Å². The number of alkyl halides is 3. The second-order valence-corrected chi connectivity index (χ2v) is 14.1. The van der Waals surface area contributed by atoms with Gasteiger partial charge in [0.1, 0.15) is 11.5 Å². The van der Waals surface area contributed by atoms with Gasteiger partial charge < -0.3 is 24.2 Å². The Morgan fingerprint density at radius 2 is 1.40 bits per heavy atom. The van der Waals surface area contributed by atoms with E-state index in [1.165, 1.54) is 17.0 Å². The van der Waals surface area contributed by atoms with Gasteiger partial charge in [-0.3, -0.25) is 9.69 Å². The van der Waals surface area contributed by atoms with E-state index in [-0.39, 0.29) is 18.1 Å². The van der Waals surface area contributed by atoms with Crippen molar-refractivity contribution >= 4 is 17.6 Å². The van der Waals surface area contributed by atoms with Crippen LogP contribution in [0.15, 0.2) is 120 Å². The number of quaternary nitrogens is 1. The van der Waals surface area contributed by atoms with Gasteiger partial charge in [0.15, 0.2) is 0 Å². The molecule has 2 aliphatic rings. The highest BCUT2D eigenvalue weighted by molar-refractivity contribution is 6.07. The average molecular weight is 753 g/mol. The monoisotopic (exact) mass is 752 g/mol. The first-order valence-electron chi connectivity index (χ1n) is 18.5. The number of unbranched alkanes of at least 4 members (excludes halogenated alkanes) is 1. The quantitative estimate of drug-likeness (QED) is 0.0869. The molecule has 0 fully saturated rings. The smallest absolute Gasteiger partial charge is 0.416 e. The Bertz CT molecular complexity index is 1950. The summed E-state index contributed by atoms with van der Waals surface area (Å²) >= 11 is 0. The molecule has 1 N–H and O–H groups in total. The van der Waals surface area contributed by atoms with Gasteiger partial charge in [0.2, 0.25) is 0 Å². The molecule has 0 radical (unpaired) electrons. The van der Waals surface area contributed by atoms with E-state index in [9.17, 15) is 28.0 Å². The number of hydrogen-bond donors (Lipinski definition) is 1. The van der Waals surface area contributed by atoms with E-state index in [0.29, 0.717) is 48.6 Å². The Morgan fingerprint density at radius 3 is 1.98 bits per heavy atom. The number of ether oxygens (including phenoxy) is 2. The van der Waals surface area contributed by atoms with Gasteiger partial charge in [-0.15, -0.1) is 0 Å². The molecule has 4 aromatic rings. The molecule has 0 unspecified atom stereocenters. The number of nitriles is 1. The van der Waals surface area contributed by atoms with E-state index in [2.05, 4.69) is 18.4 Å². The lowest BCUT2D eigenvalue weighted by Gasteiger charge is -2.35. The predicted molar refractivity (Wildman–Crippen MR) is 203 cm³/mol. The van der Waals surface area contributed by atoms with Crippen molar-refractivity contribution in [3.8, 4) is 17.6 Å². The number of urea groups is 1. The van der Waals surface area contributed by atoms with Gasteiger partial charge >= 0.3 is 12.2 Å². The summed E-state index contributed by atoms with van der Waals surface area (Å²) < 4.78 is 53.9. The minimum atomic E-state index is -4.61. The number of hydrogen-bond acceptors (Lipinski definition) is 5. The lowest BCUT2D eigenvalue weighted by Crippen LogP contribution is -2.47. The molecule has 286 valence electrons. The summed E-state index contributed by atoms with van der Waals surface area (Å²) in [5.41, 5.74) is 0.796. The summed E-state index contributed by atoms with van der Waals surface area (Å²) in [6, 6.07) is 31.2.